The Morgan fingerprint density at radius 3 is 2.73 bits per heavy atom. The third kappa shape index (κ3) is 1.71. The van der Waals surface area contributed by atoms with Gasteiger partial charge in [0.15, 0.2) is 5.78 Å². The van der Waals surface area contributed by atoms with Crippen molar-refractivity contribution >= 4 is 21.7 Å². The van der Waals surface area contributed by atoms with E-state index in [4.69, 9.17) is 0 Å². The van der Waals surface area contributed by atoms with E-state index in [2.05, 4.69) is 15.9 Å². The molecular weight excluding hydrogens is 206 g/mol. The Bertz CT molecular complexity index is 278. The number of carbonyl (C=O) groups is 1. The summed E-state index contributed by atoms with van der Waals surface area (Å²) < 4.78 is 2.89. The van der Waals surface area contributed by atoms with Gasteiger partial charge in [-0.25, -0.2) is 0 Å². The Labute approximate surface area is 74.3 Å². The number of aromatic nitrogens is 1. The molecular formula is C8H10BrNO. The second-order valence-corrected chi connectivity index (χ2v) is 3.30. The largest absolute Gasteiger partial charge is 0.344 e. The molecule has 60 valence electrons. The summed E-state index contributed by atoms with van der Waals surface area (Å²) in [5.74, 6) is 0.109. The summed E-state index contributed by atoms with van der Waals surface area (Å²) in [6, 6.07) is 1.84. The lowest BCUT2D eigenvalue weighted by molar-refractivity contribution is 0.100. The molecule has 0 fully saturated rings. The lowest BCUT2D eigenvalue weighted by atomic mass is 10.3. The summed E-state index contributed by atoms with van der Waals surface area (Å²) in [5.41, 5.74) is 0.763. The van der Waals surface area contributed by atoms with Gasteiger partial charge in [0.1, 0.15) is 0 Å². The third-order valence-electron chi connectivity index (χ3n) is 1.56. The fourth-order valence-electron chi connectivity index (χ4n) is 1.03. The molecule has 0 aliphatic carbocycles. The van der Waals surface area contributed by atoms with Gasteiger partial charge in [0.2, 0.25) is 0 Å². The van der Waals surface area contributed by atoms with E-state index < -0.39 is 0 Å². The Balaban J connectivity index is 3.12. The summed E-state index contributed by atoms with van der Waals surface area (Å²) in [6.45, 7) is 4.42. The number of aryl methyl sites for hydroxylation is 1. The normalized spacial score (nSPS) is 10.1. The minimum Gasteiger partial charge on any atom is -0.344 e. The van der Waals surface area contributed by atoms with Gasteiger partial charge >= 0.3 is 0 Å². The lowest BCUT2D eigenvalue weighted by Crippen LogP contribution is -2.02. The Kier molecular flexibility index (Phi) is 2.49. The Morgan fingerprint density at radius 1 is 1.73 bits per heavy atom. The zero-order chi connectivity index (χ0) is 8.43. The van der Waals surface area contributed by atoms with Gasteiger partial charge in [-0.15, -0.1) is 0 Å². The molecule has 0 aromatic carbocycles. The first-order valence-electron chi connectivity index (χ1n) is 3.51. The number of hydrogen-bond acceptors (Lipinski definition) is 1. The number of carbonyl (C=O) groups excluding carboxylic acids is 1. The molecule has 0 atom stereocenters. The van der Waals surface area contributed by atoms with Gasteiger partial charge < -0.3 is 4.57 Å². The SMILES string of the molecule is CCn1cc(Br)cc1C(C)=O. The van der Waals surface area contributed by atoms with Crippen LogP contribution in [0.4, 0.5) is 0 Å². The Morgan fingerprint density at radius 2 is 2.36 bits per heavy atom. The van der Waals surface area contributed by atoms with Crippen molar-refractivity contribution in [1.29, 1.82) is 0 Å². The van der Waals surface area contributed by atoms with Gasteiger partial charge in [0.25, 0.3) is 0 Å². The first-order chi connectivity index (χ1) is 5.15. The number of ketones is 1. The van der Waals surface area contributed by atoms with E-state index >= 15 is 0 Å². The van der Waals surface area contributed by atoms with Crippen LogP contribution < -0.4 is 0 Å². The molecule has 1 rings (SSSR count). The van der Waals surface area contributed by atoms with Crippen LogP contribution in [-0.2, 0) is 6.54 Å². The predicted molar refractivity (Wildman–Crippen MR) is 47.8 cm³/mol. The molecule has 2 nitrogen and oxygen atoms in total. The highest BCUT2D eigenvalue weighted by Crippen LogP contribution is 2.14. The number of Topliss-reactive ketones (excluding diaryl/α,β-unsaturated/α-hetero) is 1. The molecule has 0 bridgehead atoms. The van der Waals surface area contributed by atoms with Crippen molar-refractivity contribution in [2.24, 2.45) is 0 Å². The first-order valence-corrected chi connectivity index (χ1v) is 4.31. The van der Waals surface area contributed by atoms with Gasteiger partial charge in [-0.3, -0.25) is 4.79 Å². The average Bonchev–Trinajstić information content (AvgIpc) is 2.30. The van der Waals surface area contributed by atoms with Crippen LogP contribution in [0.2, 0.25) is 0 Å². The highest BCUT2D eigenvalue weighted by molar-refractivity contribution is 9.10. The average molecular weight is 216 g/mol. The molecule has 0 unspecified atom stereocenters. The van der Waals surface area contributed by atoms with Crippen LogP contribution in [0.25, 0.3) is 0 Å². The third-order valence-corrected chi connectivity index (χ3v) is 2.00. The Hall–Kier alpha value is -0.570. The summed E-state index contributed by atoms with van der Waals surface area (Å²) in [6.07, 6.45) is 1.91. The summed E-state index contributed by atoms with van der Waals surface area (Å²) in [7, 11) is 0. The van der Waals surface area contributed by atoms with E-state index in [1.54, 1.807) is 6.92 Å². The van der Waals surface area contributed by atoms with Gasteiger partial charge in [-0.1, -0.05) is 0 Å². The van der Waals surface area contributed by atoms with Crippen molar-refractivity contribution < 1.29 is 4.79 Å². The van der Waals surface area contributed by atoms with Gasteiger partial charge in [0, 0.05) is 24.1 Å². The molecule has 0 saturated carbocycles. The minimum atomic E-state index is 0.109. The van der Waals surface area contributed by atoms with Crippen LogP contribution in [0.1, 0.15) is 24.3 Å². The number of halogens is 1. The maximum absolute atomic E-state index is 11.0. The molecule has 0 amide bonds. The number of nitrogens with zero attached hydrogens (tertiary/aromatic N) is 1. The molecule has 0 radical (unpaired) electrons. The second-order valence-electron chi connectivity index (χ2n) is 2.39. The van der Waals surface area contributed by atoms with E-state index in [0.29, 0.717) is 0 Å². The molecule has 11 heavy (non-hydrogen) atoms. The second kappa shape index (κ2) is 3.22. The zero-order valence-electron chi connectivity index (χ0n) is 6.60. The highest BCUT2D eigenvalue weighted by Gasteiger charge is 2.06. The summed E-state index contributed by atoms with van der Waals surface area (Å²) in [5, 5.41) is 0. The van der Waals surface area contributed by atoms with Crippen molar-refractivity contribution in [1.82, 2.24) is 4.57 Å². The maximum Gasteiger partial charge on any atom is 0.176 e. The van der Waals surface area contributed by atoms with Crippen LogP contribution in [0.5, 0.6) is 0 Å². The number of rotatable bonds is 2. The van der Waals surface area contributed by atoms with Crippen molar-refractivity contribution in [2.75, 3.05) is 0 Å². The molecule has 0 saturated heterocycles. The van der Waals surface area contributed by atoms with Crippen LogP contribution in [0.3, 0.4) is 0 Å². The molecule has 1 heterocycles. The summed E-state index contributed by atoms with van der Waals surface area (Å²) >= 11 is 3.32. The van der Waals surface area contributed by atoms with E-state index in [1.165, 1.54) is 0 Å². The first kappa shape index (κ1) is 8.53. The predicted octanol–water partition coefficient (Wildman–Crippen LogP) is 2.47. The quantitative estimate of drug-likeness (QED) is 0.696. The van der Waals surface area contributed by atoms with Crippen molar-refractivity contribution in [3.05, 3.63) is 22.4 Å². The molecule has 0 spiro atoms. The molecule has 0 N–H and O–H groups in total. The van der Waals surface area contributed by atoms with Gasteiger partial charge in [0.05, 0.1) is 5.69 Å². The van der Waals surface area contributed by atoms with E-state index in [0.717, 1.165) is 16.7 Å². The lowest BCUT2D eigenvalue weighted by Gasteiger charge is -2.00. The monoisotopic (exact) mass is 215 g/mol. The van der Waals surface area contributed by atoms with Crippen LogP contribution in [-0.4, -0.2) is 10.4 Å². The standard InChI is InChI=1S/C8H10BrNO/c1-3-10-5-7(9)4-8(10)6(2)11/h4-5H,3H2,1-2H3. The molecule has 1 aromatic heterocycles. The fraction of sp³-hybridized carbons (Fsp3) is 0.375. The van der Waals surface area contributed by atoms with Gasteiger partial charge in [-0.05, 0) is 28.9 Å². The van der Waals surface area contributed by atoms with Crippen molar-refractivity contribution in [2.45, 2.75) is 20.4 Å². The van der Waals surface area contributed by atoms with Crippen LogP contribution in [0.15, 0.2) is 16.7 Å². The molecule has 3 heteroatoms. The fourth-order valence-corrected chi connectivity index (χ4v) is 1.50. The van der Waals surface area contributed by atoms with E-state index in [1.807, 2.05) is 23.8 Å². The van der Waals surface area contributed by atoms with E-state index in [9.17, 15) is 4.79 Å². The molecule has 0 aliphatic rings. The molecule has 0 aliphatic heterocycles. The minimum absolute atomic E-state index is 0.109. The smallest absolute Gasteiger partial charge is 0.176 e. The summed E-state index contributed by atoms with van der Waals surface area (Å²) in [4.78, 5) is 11.0. The van der Waals surface area contributed by atoms with E-state index in [-0.39, 0.29) is 5.78 Å². The topological polar surface area (TPSA) is 22.0 Å². The van der Waals surface area contributed by atoms with Crippen LogP contribution in [0, 0.1) is 0 Å². The zero-order valence-corrected chi connectivity index (χ0v) is 8.18. The number of hydrogen-bond donors (Lipinski definition) is 0. The van der Waals surface area contributed by atoms with Crippen LogP contribution >= 0.6 is 15.9 Å². The molecule has 1 aromatic rings. The van der Waals surface area contributed by atoms with Crippen molar-refractivity contribution in [3.8, 4) is 0 Å². The van der Waals surface area contributed by atoms with Crippen molar-refractivity contribution in [3.63, 3.8) is 0 Å². The highest BCUT2D eigenvalue weighted by atomic mass is 79.9. The maximum atomic E-state index is 11.0. The van der Waals surface area contributed by atoms with Gasteiger partial charge in [-0.2, -0.15) is 0 Å².